The minimum absolute atomic E-state index is 0.0972. The Balaban J connectivity index is 2.49. The first-order valence-electron chi connectivity index (χ1n) is 4.61. The van der Waals surface area contributed by atoms with E-state index in [2.05, 4.69) is 22.2 Å². The molecule has 5 heteroatoms. The zero-order valence-electron chi connectivity index (χ0n) is 8.41. The van der Waals surface area contributed by atoms with E-state index in [9.17, 15) is 4.79 Å². The van der Waals surface area contributed by atoms with Crippen LogP contribution in [0.15, 0.2) is 22.2 Å². The Labute approximate surface area is 87.5 Å². The summed E-state index contributed by atoms with van der Waals surface area (Å²) in [6, 6.07) is 1.88. The van der Waals surface area contributed by atoms with Crippen molar-refractivity contribution in [2.75, 3.05) is 12.8 Å². The van der Waals surface area contributed by atoms with Crippen molar-refractivity contribution in [1.29, 1.82) is 0 Å². The highest BCUT2D eigenvalue weighted by Gasteiger charge is 2.04. The summed E-state index contributed by atoms with van der Waals surface area (Å²) in [7, 11) is 1.94. The summed E-state index contributed by atoms with van der Waals surface area (Å²) in [5, 5.41) is 3.88. The first-order valence-corrected chi connectivity index (χ1v) is 5.60. The van der Waals surface area contributed by atoms with E-state index in [0.717, 1.165) is 12.2 Å². The maximum Gasteiger partial charge on any atom is 0.251 e. The van der Waals surface area contributed by atoms with Crippen LogP contribution in [0.4, 0.5) is 0 Å². The summed E-state index contributed by atoms with van der Waals surface area (Å²) in [4.78, 5) is 17.7. The third kappa shape index (κ3) is 3.51. The van der Waals surface area contributed by atoms with Crippen molar-refractivity contribution in [1.82, 2.24) is 15.3 Å². The van der Waals surface area contributed by atoms with Gasteiger partial charge in [0, 0.05) is 24.1 Å². The quantitative estimate of drug-likeness (QED) is 0.562. The smallest absolute Gasteiger partial charge is 0.251 e. The molecule has 1 heterocycles. The maximum atomic E-state index is 10.9. The van der Waals surface area contributed by atoms with Crippen molar-refractivity contribution in [2.45, 2.75) is 24.5 Å². The van der Waals surface area contributed by atoms with E-state index in [4.69, 9.17) is 0 Å². The summed E-state index contributed by atoms with van der Waals surface area (Å²) in [5.74, 6) is 0.917. The van der Waals surface area contributed by atoms with Gasteiger partial charge in [0.1, 0.15) is 0 Å². The molecule has 78 valence electrons. The molecule has 0 saturated heterocycles. The van der Waals surface area contributed by atoms with Crippen LogP contribution in [0.25, 0.3) is 0 Å². The minimum Gasteiger partial charge on any atom is -0.316 e. The van der Waals surface area contributed by atoms with Crippen molar-refractivity contribution in [3.63, 3.8) is 0 Å². The van der Waals surface area contributed by atoms with Crippen LogP contribution in [0.2, 0.25) is 0 Å². The topological polar surface area (TPSA) is 57.8 Å². The molecule has 14 heavy (non-hydrogen) atoms. The fraction of sp³-hybridized carbons (Fsp3) is 0.556. The number of hydrogen-bond donors (Lipinski definition) is 2. The van der Waals surface area contributed by atoms with Gasteiger partial charge in [-0.05, 0) is 13.5 Å². The number of nitrogens with zero attached hydrogens (tertiary/aromatic N) is 1. The molecule has 1 rings (SSSR count). The summed E-state index contributed by atoms with van der Waals surface area (Å²) >= 11 is 1.56. The van der Waals surface area contributed by atoms with Crippen molar-refractivity contribution in [3.05, 3.63) is 22.6 Å². The van der Waals surface area contributed by atoms with Crippen LogP contribution in [0.3, 0.4) is 0 Å². The highest BCUT2D eigenvalue weighted by atomic mass is 32.2. The molecule has 0 aliphatic carbocycles. The number of aromatic amines is 1. The van der Waals surface area contributed by atoms with Crippen LogP contribution in [0, 0.1) is 0 Å². The number of hydrogen-bond acceptors (Lipinski definition) is 4. The monoisotopic (exact) mass is 213 g/mol. The Bertz CT molecular complexity index is 322. The Morgan fingerprint density at radius 2 is 2.50 bits per heavy atom. The average molecular weight is 213 g/mol. The van der Waals surface area contributed by atoms with E-state index >= 15 is 0 Å². The molecule has 0 radical (unpaired) electrons. The zero-order chi connectivity index (χ0) is 10.4. The summed E-state index contributed by atoms with van der Waals surface area (Å²) < 4.78 is 0. The molecule has 1 unspecified atom stereocenters. The molecule has 2 N–H and O–H groups in total. The van der Waals surface area contributed by atoms with Crippen molar-refractivity contribution in [3.8, 4) is 0 Å². The third-order valence-electron chi connectivity index (χ3n) is 1.97. The maximum absolute atomic E-state index is 10.9. The molecule has 0 spiro atoms. The molecule has 0 bridgehead atoms. The van der Waals surface area contributed by atoms with Crippen LogP contribution in [0.1, 0.15) is 13.3 Å². The van der Waals surface area contributed by atoms with Gasteiger partial charge in [0.15, 0.2) is 5.16 Å². The number of nitrogens with one attached hydrogen (secondary N) is 2. The average Bonchev–Trinajstić information content (AvgIpc) is 2.19. The third-order valence-corrected chi connectivity index (χ3v) is 3.02. The van der Waals surface area contributed by atoms with E-state index in [0.29, 0.717) is 11.2 Å². The molecular formula is C9H15N3OS. The van der Waals surface area contributed by atoms with Gasteiger partial charge in [-0.1, -0.05) is 18.7 Å². The number of thioether (sulfide) groups is 1. The van der Waals surface area contributed by atoms with Crippen molar-refractivity contribution in [2.24, 2.45) is 0 Å². The second kappa shape index (κ2) is 5.82. The Morgan fingerprint density at radius 1 is 1.71 bits per heavy atom. The van der Waals surface area contributed by atoms with Crippen LogP contribution < -0.4 is 10.9 Å². The van der Waals surface area contributed by atoms with Gasteiger partial charge < -0.3 is 10.3 Å². The van der Waals surface area contributed by atoms with Gasteiger partial charge in [0.25, 0.3) is 5.56 Å². The zero-order valence-corrected chi connectivity index (χ0v) is 9.23. The van der Waals surface area contributed by atoms with Crippen LogP contribution in [-0.2, 0) is 0 Å². The second-order valence-electron chi connectivity index (χ2n) is 2.94. The van der Waals surface area contributed by atoms with Gasteiger partial charge in [0.05, 0.1) is 0 Å². The summed E-state index contributed by atoms with van der Waals surface area (Å²) in [6.45, 7) is 2.13. The molecule has 0 fully saturated rings. The normalized spacial score (nSPS) is 12.7. The van der Waals surface area contributed by atoms with Crippen LogP contribution in [-0.4, -0.2) is 28.8 Å². The lowest BCUT2D eigenvalue weighted by molar-refractivity contribution is 0.601. The largest absolute Gasteiger partial charge is 0.316 e. The Morgan fingerprint density at radius 3 is 3.07 bits per heavy atom. The van der Waals surface area contributed by atoms with E-state index in [1.54, 1.807) is 11.8 Å². The Hall–Kier alpha value is -0.810. The van der Waals surface area contributed by atoms with Gasteiger partial charge in [-0.15, -0.1) is 0 Å². The van der Waals surface area contributed by atoms with Crippen molar-refractivity contribution >= 4 is 11.8 Å². The first kappa shape index (κ1) is 11.3. The summed E-state index contributed by atoms with van der Waals surface area (Å²) in [5.41, 5.74) is -0.0972. The van der Waals surface area contributed by atoms with E-state index in [1.807, 2.05) is 7.05 Å². The van der Waals surface area contributed by atoms with E-state index < -0.39 is 0 Å². The molecule has 0 aliphatic rings. The van der Waals surface area contributed by atoms with Gasteiger partial charge >= 0.3 is 0 Å². The second-order valence-corrected chi connectivity index (χ2v) is 3.95. The lowest BCUT2D eigenvalue weighted by Gasteiger charge is -2.11. The van der Waals surface area contributed by atoms with Gasteiger partial charge in [-0.3, -0.25) is 4.79 Å². The van der Waals surface area contributed by atoms with Gasteiger partial charge in [-0.2, -0.15) is 0 Å². The van der Waals surface area contributed by atoms with Gasteiger partial charge in [-0.25, -0.2) is 4.98 Å². The molecule has 0 amide bonds. The van der Waals surface area contributed by atoms with E-state index in [1.165, 1.54) is 12.3 Å². The first-order chi connectivity index (χ1) is 6.76. The van der Waals surface area contributed by atoms with E-state index in [-0.39, 0.29) is 5.56 Å². The number of H-pyrrole nitrogens is 1. The fourth-order valence-corrected chi connectivity index (χ4v) is 2.08. The van der Waals surface area contributed by atoms with Crippen LogP contribution >= 0.6 is 11.8 Å². The molecule has 0 aromatic carbocycles. The highest BCUT2D eigenvalue weighted by molar-refractivity contribution is 7.99. The highest BCUT2D eigenvalue weighted by Crippen LogP contribution is 2.12. The predicted molar refractivity (Wildman–Crippen MR) is 58.7 cm³/mol. The molecular weight excluding hydrogens is 198 g/mol. The molecule has 1 aromatic heterocycles. The predicted octanol–water partition coefficient (Wildman–Crippen LogP) is 0.860. The van der Waals surface area contributed by atoms with Crippen molar-refractivity contribution < 1.29 is 0 Å². The standard InChI is InChI=1S/C9H15N3OS/c1-3-7(10-2)6-14-9-11-5-4-8(13)12-9/h4-5,7,10H,3,6H2,1-2H3,(H,11,12,13). The number of aromatic nitrogens is 2. The Kier molecular flexibility index (Phi) is 4.69. The molecule has 1 atom stereocenters. The SMILES string of the molecule is CCC(CSc1nccc(=O)[nH]1)NC. The molecule has 0 aliphatic heterocycles. The minimum atomic E-state index is -0.0972. The lowest BCUT2D eigenvalue weighted by atomic mass is 10.3. The molecule has 0 saturated carbocycles. The fourth-order valence-electron chi connectivity index (χ4n) is 1.01. The van der Waals surface area contributed by atoms with Gasteiger partial charge in [0.2, 0.25) is 0 Å². The number of rotatable bonds is 5. The molecule has 4 nitrogen and oxygen atoms in total. The molecule has 1 aromatic rings. The van der Waals surface area contributed by atoms with Crippen LogP contribution in [0.5, 0.6) is 0 Å². The summed E-state index contributed by atoms with van der Waals surface area (Å²) in [6.07, 6.45) is 2.60. The lowest BCUT2D eigenvalue weighted by Crippen LogP contribution is -2.26.